The molecule has 0 spiro atoms. The van der Waals surface area contributed by atoms with Crippen molar-refractivity contribution in [3.63, 3.8) is 0 Å². The lowest BCUT2D eigenvalue weighted by Crippen LogP contribution is -2.33. The maximum atomic E-state index is 13.6. The van der Waals surface area contributed by atoms with Gasteiger partial charge in [-0.25, -0.2) is 13.8 Å². The Morgan fingerprint density at radius 2 is 1.62 bits per heavy atom. The first-order chi connectivity index (χ1) is 16.6. The summed E-state index contributed by atoms with van der Waals surface area (Å²) in [5.41, 5.74) is 2.27. The Bertz CT molecular complexity index is 1230. The summed E-state index contributed by atoms with van der Waals surface area (Å²) in [5, 5.41) is 9.72. The molecule has 0 aliphatic carbocycles. The third-order valence-corrected chi connectivity index (χ3v) is 7.01. The van der Waals surface area contributed by atoms with E-state index in [1.54, 1.807) is 30.5 Å². The van der Waals surface area contributed by atoms with Gasteiger partial charge < -0.3 is 4.42 Å². The van der Waals surface area contributed by atoms with Crippen molar-refractivity contribution in [2.24, 2.45) is 0 Å². The summed E-state index contributed by atoms with van der Waals surface area (Å²) in [6, 6.07) is 12.5. The summed E-state index contributed by atoms with van der Waals surface area (Å²) in [6.45, 7) is 4.21. The minimum absolute atomic E-state index is 0.0873. The minimum atomic E-state index is -0.305. The first-order valence-corrected chi connectivity index (χ1v) is 12.4. The maximum Gasteiger partial charge on any atom is 0.226 e. The molecule has 3 heterocycles. The Morgan fingerprint density at radius 1 is 0.941 bits per heavy atom. The number of thioether (sulfide) groups is 1. The van der Waals surface area contributed by atoms with Gasteiger partial charge in [0, 0.05) is 17.0 Å². The number of benzene rings is 2. The molecule has 1 fully saturated rings. The van der Waals surface area contributed by atoms with Gasteiger partial charge in [-0.1, -0.05) is 18.2 Å². The zero-order chi connectivity index (χ0) is 23.5. The Hall–Kier alpha value is -3.04. The fraction of sp³-hybridized carbons (Fsp3) is 0.320. The number of halogens is 2. The average Bonchev–Trinajstić information content (AvgIpc) is 3.51. The highest BCUT2D eigenvalue weighted by Gasteiger charge is 2.25. The van der Waals surface area contributed by atoms with Crippen LogP contribution in [0.4, 0.5) is 8.78 Å². The molecule has 0 amide bonds. The van der Waals surface area contributed by atoms with Crippen LogP contribution in [0.5, 0.6) is 0 Å². The summed E-state index contributed by atoms with van der Waals surface area (Å²) < 4.78 is 34.4. The SMILES string of the molecule is CC(c1nnc(SCc2coc(-c3ccc(F)cc3)n2)n1-c1ccc(F)cc1)N1CCCCC1. The van der Waals surface area contributed by atoms with Gasteiger partial charge in [0.05, 0.1) is 11.7 Å². The van der Waals surface area contributed by atoms with E-state index >= 15 is 0 Å². The Labute approximate surface area is 201 Å². The quantitative estimate of drug-likeness (QED) is 0.300. The Balaban J connectivity index is 1.39. The second kappa shape index (κ2) is 10.1. The molecule has 5 rings (SSSR count). The molecule has 1 unspecified atom stereocenters. The van der Waals surface area contributed by atoms with Crippen LogP contribution in [0.25, 0.3) is 17.1 Å². The first-order valence-electron chi connectivity index (χ1n) is 11.4. The van der Waals surface area contributed by atoms with Crippen LogP contribution in [0.1, 0.15) is 43.7 Å². The summed E-state index contributed by atoms with van der Waals surface area (Å²) in [4.78, 5) is 6.95. The van der Waals surface area contributed by atoms with E-state index in [9.17, 15) is 8.78 Å². The zero-order valence-electron chi connectivity index (χ0n) is 18.8. The number of hydrogen-bond acceptors (Lipinski definition) is 6. The first kappa shape index (κ1) is 22.7. The molecule has 9 heteroatoms. The lowest BCUT2D eigenvalue weighted by Gasteiger charge is -2.31. The molecule has 0 N–H and O–H groups in total. The molecule has 2 aromatic heterocycles. The van der Waals surface area contributed by atoms with Crippen LogP contribution in [0.2, 0.25) is 0 Å². The van der Waals surface area contributed by atoms with E-state index in [0.29, 0.717) is 22.4 Å². The van der Waals surface area contributed by atoms with Crippen molar-refractivity contribution in [3.05, 3.63) is 77.9 Å². The number of nitrogens with zero attached hydrogens (tertiary/aromatic N) is 5. The standard InChI is InChI=1S/C25H25F2N5OS/c1-17(31-13-3-2-4-14-31)23-29-30-25(32(23)22-11-9-20(27)10-12-22)34-16-21-15-33-24(28-21)18-5-7-19(26)8-6-18/h5-12,15,17H,2-4,13-14,16H2,1H3. The molecular weight excluding hydrogens is 456 g/mol. The second-order valence-electron chi connectivity index (χ2n) is 8.36. The molecule has 1 aliphatic rings. The third kappa shape index (κ3) is 4.90. The van der Waals surface area contributed by atoms with Crippen LogP contribution in [0, 0.1) is 11.6 Å². The zero-order valence-corrected chi connectivity index (χ0v) is 19.6. The normalized spacial score (nSPS) is 15.5. The predicted molar refractivity (Wildman–Crippen MR) is 127 cm³/mol. The predicted octanol–water partition coefficient (Wildman–Crippen LogP) is 6.04. The number of aromatic nitrogens is 4. The van der Waals surface area contributed by atoms with Crippen LogP contribution >= 0.6 is 11.8 Å². The highest BCUT2D eigenvalue weighted by Crippen LogP contribution is 2.31. The monoisotopic (exact) mass is 481 g/mol. The van der Waals surface area contributed by atoms with Gasteiger partial charge in [0.2, 0.25) is 5.89 Å². The summed E-state index contributed by atoms with van der Waals surface area (Å²) >= 11 is 1.49. The molecule has 1 aliphatic heterocycles. The fourth-order valence-corrected chi connectivity index (χ4v) is 5.02. The molecule has 0 bridgehead atoms. The largest absolute Gasteiger partial charge is 0.444 e. The van der Waals surface area contributed by atoms with Gasteiger partial charge in [0.25, 0.3) is 0 Å². The van der Waals surface area contributed by atoms with E-state index in [4.69, 9.17) is 4.42 Å². The lowest BCUT2D eigenvalue weighted by molar-refractivity contribution is 0.167. The van der Waals surface area contributed by atoms with E-state index in [0.717, 1.165) is 30.3 Å². The number of likely N-dealkylation sites (tertiary alicyclic amines) is 1. The smallest absolute Gasteiger partial charge is 0.226 e. The maximum absolute atomic E-state index is 13.6. The van der Waals surface area contributed by atoms with E-state index in [2.05, 4.69) is 27.0 Å². The van der Waals surface area contributed by atoms with Gasteiger partial charge in [-0.3, -0.25) is 9.47 Å². The van der Waals surface area contributed by atoms with Crippen LogP contribution in [0.15, 0.2) is 64.4 Å². The molecule has 4 aromatic rings. The van der Waals surface area contributed by atoms with Gasteiger partial charge >= 0.3 is 0 Å². The van der Waals surface area contributed by atoms with Crippen molar-refractivity contribution in [1.29, 1.82) is 0 Å². The molecule has 1 atom stereocenters. The van der Waals surface area contributed by atoms with Gasteiger partial charge in [-0.15, -0.1) is 10.2 Å². The van der Waals surface area contributed by atoms with Gasteiger partial charge in [-0.05, 0) is 81.4 Å². The van der Waals surface area contributed by atoms with Gasteiger partial charge in [0.1, 0.15) is 17.9 Å². The van der Waals surface area contributed by atoms with Crippen molar-refractivity contribution in [2.45, 2.75) is 43.1 Å². The Kier molecular flexibility index (Phi) is 6.73. The fourth-order valence-electron chi connectivity index (χ4n) is 4.18. The molecule has 1 saturated heterocycles. The van der Waals surface area contributed by atoms with Crippen LogP contribution in [-0.2, 0) is 5.75 Å². The van der Waals surface area contributed by atoms with Crippen LogP contribution < -0.4 is 0 Å². The lowest BCUT2D eigenvalue weighted by atomic mass is 10.1. The van der Waals surface area contributed by atoms with Crippen LogP contribution in [-0.4, -0.2) is 37.7 Å². The summed E-state index contributed by atoms with van der Waals surface area (Å²) in [5.74, 6) is 1.20. The number of piperidine rings is 1. The highest BCUT2D eigenvalue weighted by molar-refractivity contribution is 7.98. The van der Waals surface area contributed by atoms with E-state index in [-0.39, 0.29) is 17.7 Å². The van der Waals surface area contributed by atoms with E-state index < -0.39 is 0 Å². The topological polar surface area (TPSA) is 60.0 Å². The van der Waals surface area contributed by atoms with Crippen molar-refractivity contribution in [1.82, 2.24) is 24.6 Å². The van der Waals surface area contributed by atoms with Crippen molar-refractivity contribution in [2.75, 3.05) is 13.1 Å². The molecule has 6 nitrogen and oxygen atoms in total. The number of oxazole rings is 1. The summed E-state index contributed by atoms with van der Waals surface area (Å²) in [7, 11) is 0. The van der Waals surface area contributed by atoms with Gasteiger partial charge in [-0.2, -0.15) is 0 Å². The molecule has 0 saturated carbocycles. The van der Waals surface area contributed by atoms with E-state index in [1.807, 2.05) is 4.57 Å². The average molecular weight is 482 g/mol. The van der Waals surface area contributed by atoms with Crippen LogP contribution in [0.3, 0.4) is 0 Å². The molecular formula is C25H25F2N5OS. The number of rotatable bonds is 7. The number of hydrogen-bond donors (Lipinski definition) is 0. The minimum Gasteiger partial charge on any atom is -0.444 e. The van der Waals surface area contributed by atoms with E-state index in [1.165, 1.54) is 55.3 Å². The van der Waals surface area contributed by atoms with Crippen molar-refractivity contribution < 1.29 is 13.2 Å². The third-order valence-electron chi connectivity index (χ3n) is 6.05. The van der Waals surface area contributed by atoms with Crippen molar-refractivity contribution >= 4 is 11.8 Å². The molecule has 2 aromatic carbocycles. The molecule has 176 valence electrons. The molecule has 0 radical (unpaired) electrons. The summed E-state index contributed by atoms with van der Waals surface area (Å²) in [6.07, 6.45) is 5.21. The van der Waals surface area contributed by atoms with Gasteiger partial charge in [0.15, 0.2) is 11.0 Å². The molecule has 34 heavy (non-hydrogen) atoms. The second-order valence-corrected chi connectivity index (χ2v) is 9.31. The Morgan fingerprint density at radius 3 is 2.32 bits per heavy atom. The van der Waals surface area contributed by atoms with Crippen molar-refractivity contribution in [3.8, 4) is 17.1 Å². The highest BCUT2D eigenvalue weighted by atomic mass is 32.2.